The maximum Gasteiger partial charge on any atom is 0.193 e. The van der Waals surface area contributed by atoms with Crippen LogP contribution in [0.25, 0.3) is 37.8 Å². The highest BCUT2D eigenvalue weighted by molar-refractivity contribution is 6.13. The Morgan fingerprint density at radius 3 is 1.80 bits per heavy atom. The molecule has 0 amide bonds. The summed E-state index contributed by atoms with van der Waals surface area (Å²) in [6.45, 7) is 8.10. The summed E-state index contributed by atoms with van der Waals surface area (Å²) in [5, 5.41) is 2.50. The molecule has 6 aromatic rings. The van der Waals surface area contributed by atoms with Gasteiger partial charge in [0.2, 0.25) is 0 Å². The van der Waals surface area contributed by atoms with Gasteiger partial charge in [-0.3, -0.25) is 0 Å². The summed E-state index contributed by atoms with van der Waals surface area (Å²) >= 11 is 0. The van der Waals surface area contributed by atoms with E-state index in [9.17, 15) is 0 Å². The molecule has 162 valence electrons. The van der Waals surface area contributed by atoms with Crippen molar-refractivity contribution in [1.82, 2.24) is 4.98 Å². The van der Waals surface area contributed by atoms with E-state index in [2.05, 4.69) is 113 Å². The minimum absolute atomic E-state index is 0.0955. The van der Waals surface area contributed by atoms with Crippen LogP contribution < -0.4 is 0 Å². The van der Waals surface area contributed by atoms with E-state index in [1.807, 2.05) is 0 Å². The molecule has 5 aromatic carbocycles. The molecule has 1 aromatic heterocycles. The molecule has 2 nitrogen and oxygen atoms in total. The summed E-state index contributed by atoms with van der Waals surface area (Å²) in [7, 11) is 0. The van der Waals surface area contributed by atoms with Gasteiger partial charge in [-0.25, -0.2) is 4.85 Å². The van der Waals surface area contributed by atoms with Crippen molar-refractivity contribution in [3.8, 4) is 11.1 Å². The van der Waals surface area contributed by atoms with E-state index in [0.717, 1.165) is 16.7 Å². The fraction of sp³-hybridized carbons (Fsp3) is 0.0606. The maximum absolute atomic E-state index is 8.10. The Hall–Kier alpha value is -4.61. The van der Waals surface area contributed by atoms with Gasteiger partial charge in [0, 0.05) is 33.6 Å². The largest absolute Gasteiger partial charge is 0.356 e. The first-order valence-electron chi connectivity index (χ1n) is 12.1. The van der Waals surface area contributed by atoms with Crippen molar-refractivity contribution in [3.63, 3.8) is 0 Å². The molecule has 0 aliphatic heterocycles. The summed E-state index contributed by atoms with van der Waals surface area (Å²) < 4.78 is 0. The number of aromatic amines is 1. The molecule has 3 aliphatic carbocycles. The highest BCUT2D eigenvalue weighted by atomic mass is 14.7. The van der Waals surface area contributed by atoms with Gasteiger partial charge in [-0.1, -0.05) is 84.9 Å². The number of benzene rings is 5. The molecule has 9 rings (SSSR count). The second kappa shape index (κ2) is 6.72. The van der Waals surface area contributed by atoms with Gasteiger partial charge in [-0.05, 0) is 62.7 Å². The Morgan fingerprint density at radius 1 is 0.571 bits per heavy atom. The van der Waals surface area contributed by atoms with Gasteiger partial charge in [0.25, 0.3) is 0 Å². The topological polar surface area (TPSA) is 20.1 Å². The SMILES string of the molecule is [C-]#[N+]c1cc2[nH]c3ccc(-c4ccccc4)cc3c2c2c1C1c3ccccc3C2c2ccccc21. The van der Waals surface area contributed by atoms with Gasteiger partial charge < -0.3 is 4.98 Å². The summed E-state index contributed by atoms with van der Waals surface area (Å²) in [5.74, 6) is 0.226. The van der Waals surface area contributed by atoms with Gasteiger partial charge in [0.1, 0.15) is 0 Å². The second-order valence-electron chi connectivity index (χ2n) is 9.63. The van der Waals surface area contributed by atoms with Crippen LogP contribution in [0.5, 0.6) is 0 Å². The Labute approximate surface area is 203 Å². The predicted molar refractivity (Wildman–Crippen MR) is 142 cm³/mol. The number of aromatic nitrogens is 1. The number of nitrogens with zero attached hydrogens (tertiary/aromatic N) is 1. The molecule has 1 heterocycles. The molecule has 2 heteroatoms. The van der Waals surface area contributed by atoms with E-state index in [4.69, 9.17) is 6.57 Å². The lowest BCUT2D eigenvalue weighted by Crippen LogP contribution is -2.27. The second-order valence-corrected chi connectivity index (χ2v) is 9.63. The van der Waals surface area contributed by atoms with E-state index in [0.29, 0.717) is 0 Å². The molecule has 3 aliphatic rings. The fourth-order valence-electron chi connectivity index (χ4n) is 6.63. The quantitative estimate of drug-likeness (QED) is 0.245. The van der Waals surface area contributed by atoms with E-state index in [1.54, 1.807) is 0 Å². The number of H-pyrrole nitrogens is 1. The van der Waals surface area contributed by atoms with E-state index in [-0.39, 0.29) is 11.8 Å². The zero-order valence-corrected chi connectivity index (χ0v) is 18.9. The minimum Gasteiger partial charge on any atom is -0.356 e. The van der Waals surface area contributed by atoms with Crippen molar-refractivity contribution in [3.05, 3.63) is 148 Å². The molecular weight excluding hydrogens is 424 g/mol. The van der Waals surface area contributed by atoms with Crippen LogP contribution in [0, 0.1) is 6.57 Å². The average molecular weight is 445 g/mol. The van der Waals surface area contributed by atoms with Crippen molar-refractivity contribution >= 4 is 27.5 Å². The molecule has 0 unspecified atom stereocenters. The molecule has 1 N–H and O–H groups in total. The fourth-order valence-corrected chi connectivity index (χ4v) is 6.63. The highest BCUT2D eigenvalue weighted by Crippen LogP contribution is 2.60. The lowest BCUT2D eigenvalue weighted by Gasteiger charge is -2.43. The van der Waals surface area contributed by atoms with Gasteiger partial charge in [0.15, 0.2) is 5.69 Å². The lowest BCUT2D eigenvalue weighted by atomic mass is 9.60. The average Bonchev–Trinajstić information content (AvgIpc) is 3.30. The first-order chi connectivity index (χ1) is 17.3. The maximum atomic E-state index is 8.10. The third-order valence-electron chi connectivity index (χ3n) is 7.99. The smallest absolute Gasteiger partial charge is 0.193 e. The Kier molecular flexibility index (Phi) is 3.60. The van der Waals surface area contributed by atoms with Crippen LogP contribution in [-0.4, -0.2) is 4.98 Å². The molecule has 2 bridgehead atoms. The van der Waals surface area contributed by atoms with Crippen molar-refractivity contribution in [2.45, 2.75) is 11.8 Å². The van der Waals surface area contributed by atoms with Crippen LogP contribution in [0.3, 0.4) is 0 Å². The number of rotatable bonds is 1. The van der Waals surface area contributed by atoms with Crippen molar-refractivity contribution in [2.24, 2.45) is 0 Å². The molecule has 0 saturated heterocycles. The van der Waals surface area contributed by atoms with Gasteiger partial charge >= 0.3 is 0 Å². The normalized spacial score (nSPS) is 17.1. The highest BCUT2D eigenvalue weighted by Gasteiger charge is 2.43. The molecule has 0 radical (unpaired) electrons. The monoisotopic (exact) mass is 444 g/mol. The van der Waals surface area contributed by atoms with Crippen molar-refractivity contribution in [2.75, 3.05) is 0 Å². The summed E-state index contributed by atoms with van der Waals surface area (Å²) in [5.41, 5.74) is 13.3. The Balaban J connectivity index is 1.53. The molecule has 0 saturated carbocycles. The first-order valence-corrected chi connectivity index (χ1v) is 12.1. The third kappa shape index (κ3) is 2.37. The molecular formula is C33H20N2. The van der Waals surface area contributed by atoms with Gasteiger partial charge in [-0.2, -0.15) is 0 Å². The minimum atomic E-state index is 0.0955. The Morgan fingerprint density at radius 2 is 1.17 bits per heavy atom. The number of fused-ring (bicyclic) bond motifs is 3. The summed E-state index contributed by atoms with van der Waals surface area (Å²) in [4.78, 5) is 7.71. The first kappa shape index (κ1) is 18.8. The van der Waals surface area contributed by atoms with E-state index in [1.165, 1.54) is 55.3 Å². The van der Waals surface area contributed by atoms with Crippen LogP contribution in [0.2, 0.25) is 0 Å². The Bertz CT molecular complexity index is 1820. The standard InChI is InChI=1S/C33H20N2/c1-34-27-18-28-31(25-17-20(15-16-26(25)35-28)19-9-3-2-4-10-19)33-30-23-13-7-5-11-21(23)29(32(27)33)22-12-6-8-14-24(22)30/h2-18,29-30,35H. The summed E-state index contributed by atoms with van der Waals surface area (Å²) in [6.07, 6.45) is 0. The molecule has 0 fully saturated rings. The number of hydrogen-bond donors (Lipinski definition) is 1. The third-order valence-corrected chi connectivity index (χ3v) is 7.99. The van der Waals surface area contributed by atoms with Gasteiger partial charge in [-0.15, -0.1) is 0 Å². The van der Waals surface area contributed by atoms with E-state index < -0.39 is 0 Å². The van der Waals surface area contributed by atoms with Gasteiger partial charge in [0.05, 0.1) is 6.57 Å². The van der Waals surface area contributed by atoms with E-state index >= 15 is 0 Å². The van der Waals surface area contributed by atoms with Crippen LogP contribution in [0.4, 0.5) is 5.69 Å². The lowest BCUT2D eigenvalue weighted by molar-refractivity contribution is 0.764. The van der Waals surface area contributed by atoms with Crippen molar-refractivity contribution in [1.29, 1.82) is 0 Å². The zero-order valence-electron chi connectivity index (χ0n) is 18.9. The van der Waals surface area contributed by atoms with Crippen LogP contribution in [0.1, 0.15) is 45.2 Å². The zero-order chi connectivity index (χ0) is 23.1. The van der Waals surface area contributed by atoms with Crippen LogP contribution in [0.15, 0.2) is 103 Å². The molecule has 0 spiro atoms. The summed E-state index contributed by atoms with van der Waals surface area (Å²) in [6, 6.07) is 37.0. The molecule has 0 atom stereocenters. The number of nitrogens with one attached hydrogen (secondary N) is 1. The number of hydrogen-bond acceptors (Lipinski definition) is 0. The molecule has 35 heavy (non-hydrogen) atoms. The van der Waals surface area contributed by atoms with Crippen molar-refractivity contribution < 1.29 is 0 Å². The predicted octanol–water partition coefficient (Wildman–Crippen LogP) is 8.53. The van der Waals surface area contributed by atoms with Crippen LogP contribution in [-0.2, 0) is 0 Å². The van der Waals surface area contributed by atoms with Crippen LogP contribution >= 0.6 is 0 Å².